The minimum absolute atomic E-state index is 0.148. The molecule has 3 rings (SSSR count). The minimum atomic E-state index is -0.451. The molecule has 0 spiro atoms. The lowest BCUT2D eigenvalue weighted by molar-refractivity contribution is 0.104. The number of allylic oxidation sites excluding steroid dienone is 2. The third-order valence-electron chi connectivity index (χ3n) is 6.23. The molecule has 6 heteroatoms. The number of hydrogen-bond donors (Lipinski definition) is 0. The molecular formula is C27H33ClN2O3. The standard InChI is InChI=1S/C27H33ClN2O3/c1-7-27(2,3)25-22(28)12-11-21(26(25)33-6)24(31)13-9-19-8-10-20(32-5)18-23(19)30-16-14-29(4)15-17-30/h7-13,18H,1,14-17H2,2-6H3/b13-9+. The first-order chi connectivity index (χ1) is 15.7. The molecule has 0 N–H and O–H groups in total. The number of nitrogens with zero attached hydrogens (tertiary/aromatic N) is 2. The molecule has 0 aliphatic carbocycles. The lowest BCUT2D eigenvalue weighted by Crippen LogP contribution is -2.44. The summed E-state index contributed by atoms with van der Waals surface area (Å²) in [7, 11) is 5.35. The molecule has 33 heavy (non-hydrogen) atoms. The number of carbonyl (C=O) groups is 1. The lowest BCUT2D eigenvalue weighted by atomic mass is 9.82. The van der Waals surface area contributed by atoms with Gasteiger partial charge in [0.15, 0.2) is 5.78 Å². The Labute approximate surface area is 202 Å². The second-order valence-electron chi connectivity index (χ2n) is 8.84. The van der Waals surface area contributed by atoms with Crippen molar-refractivity contribution in [3.05, 3.63) is 70.8 Å². The fourth-order valence-electron chi connectivity index (χ4n) is 4.03. The Morgan fingerprint density at radius 3 is 2.39 bits per heavy atom. The highest BCUT2D eigenvalue weighted by atomic mass is 35.5. The molecule has 0 atom stereocenters. The van der Waals surface area contributed by atoms with Crippen molar-refractivity contribution in [1.29, 1.82) is 0 Å². The molecule has 2 aromatic carbocycles. The Balaban J connectivity index is 1.97. The molecule has 0 amide bonds. The van der Waals surface area contributed by atoms with Crippen LogP contribution in [0.25, 0.3) is 6.08 Å². The van der Waals surface area contributed by atoms with Gasteiger partial charge in [-0.25, -0.2) is 0 Å². The molecule has 5 nitrogen and oxygen atoms in total. The summed E-state index contributed by atoms with van der Waals surface area (Å²) in [5.41, 5.74) is 2.80. The van der Waals surface area contributed by atoms with Gasteiger partial charge in [0.05, 0.1) is 19.8 Å². The highest BCUT2D eigenvalue weighted by Gasteiger charge is 2.27. The number of ether oxygens (including phenoxy) is 2. The predicted octanol–water partition coefficient (Wildman–Crippen LogP) is 5.47. The van der Waals surface area contributed by atoms with Gasteiger partial charge in [0.25, 0.3) is 0 Å². The average molecular weight is 469 g/mol. The number of likely N-dealkylation sites (N-methyl/N-ethyl adjacent to an activating group) is 1. The largest absolute Gasteiger partial charge is 0.497 e. The molecule has 1 saturated heterocycles. The van der Waals surface area contributed by atoms with Gasteiger partial charge in [0.1, 0.15) is 11.5 Å². The number of carbonyl (C=O) groups excluding carboxylic acids is 1. The summed E-state index contributed by atoms with van der Waals surface area (Å²) in [5.74, 6) is 1.13. The highest BCUT2D eigenvalue weighted by Crippen LogP contribution is 2.40. The van der Waals surface area contributed by atoms with Gasteiger partial charge in [-0.1, -0.05) is 31.5 Å². The van der Waals surface area contributed by atoms with Crippen molar-refractivity contribution in [2.24, 2.45) is 0 Å². The van der Waals surface area contributed by atoms with Gasteiger partial charge >= 0.3 is 0 Å². The third-order valence-corrected chi connectivity index (χ3v) is 6.54. The van der Waals surface area contributed by atoms with Crippen LogP contribution in [0.1, 0.15) is 35.3 Å². The SMILES string of the molecule is C=CC(C)(C)c1c(Cl)ccc(C(=O)/C=C/c2ccc(OC)cc2N2CCN(C)CC2)c1OC. The Morgan fingerprint density at radius 1 is 1.09 bits per heavy atom. The Bertz CT molecular complexity index is 1050. The lowest BCUT2D eigenvalue weighted by Gasteiger charge is -2.35. The maximum Gasteiger partial charge on any atom is 0.189 e. The molecule has 0 unspecified atom stereocenters. The molecular weight excluding hydrogens is 436 g/mol. The fraction of sp³-hybridized carbons (Fsp3) is 0.370. The molecule has 1 aliphatic rings. The number of piperazine rings is 1. The Kier molecular flexibility index (Phi) is 7.88. The van der Waals surface area contributed by atoms with E-state index in [1.165, 1.54) is 0 Å². The van der Waals surface area contributed by atoms with Crippen molar-refractivity contribution in [2.45, 2.75) is 19.3 Å². The maximum absolute atomic E-state index is 13.2. The van der Waals surface area contributed by atoms with E-state index in [1.807, 2.05) is 38.1 Å². The summed E-state index contributed by atoms with van der Waals surface area (Å²) < 4.78 is 11.1. The van der Waals surface area contributed by atoms with Crippen LogP contribution >= 0.6 is 11.6 Å². The maximum atomic E-state index is 13.2. The Morgan fingerprint density at radius 2 is 1.79 bits per heavy atom. The van der Waals surface area contributed by atoms with Crippen molar-refractivity contribution in [2.75, 3.05) is 52.3 Å². The number of anilines is 1. The number of benzene rings is 2. The number of halogens is 1. The molecule has 176 valence electrons. The van der Waals surface area contributed by atoms with Crippen LogP contribution in [0, 0.1) is 0 Å². The smallest absolute Gasteiger partial charge is 0.189 e. The first kappa shape index (κ1) is 24.9. The van der Waals surface area contributed by atoms with E-state index in [2.05, 4.69) is 23.4 Å². The van der Waals surface area contributed by atoms with Crippen LogP contribution in [0.2, 0.25) is 5.02 Å². The van der Waals surface area contributed by atoms with Crippen LogP contribution in [0.15, 0.2) is 49.1 Å². The molecule has 0 radical (unpaired) electrons. The van der Waals surface area contributed by atoms with E-state index >= 15 is 0 Å². The monoisotopic (exact) mass is 468 g/mol. The number of hydrogen-bond acceptors (Lipinski definition) is 5. The van der Waals surface area contributed by atoms with Crippen LogP contribution in [-0.2, 0) is 5.41 Å². The second-order valence-corrected chi connectivity index (χ2v) is 9.25. The van der Waals surface area contributed by atoms with Crippen molar-refractivity contribution in [3.63, 3.8) is 0 Å². The van der Waals surface area contributed by atoms with Crippen molar-refractivity contribution in [1.82, 2.24) is 4.90 Å². The summed E-state index contributed by atoms with van der Waals surface area (Å²) in [5, 5.41) is 0.546. The van der Waals surface area contributed by atoms with E-state index in [-0.39, 0.29) is 5.78 Å². The summed E-state index contributed by atoms with van der Waals surface area (Å²) in [6, 6.07) is 9.39. The number of ketones is 1. The van der Waals surface area contributed by atoms with Crippen molar-refractivity contribution < 1.29 is 14.3 Å². The first-order valence-corrected chi connectivity index (χ1v) is 11.4. The van der Waals surface area contributed by atoms with Gasteiger partial charge in [-0.15, -0.1) is 6.58 Å². The van der Waals surface area contributed by atoms with E-state index in [0.717, 1.165) is 48.7 Å². The van der Waals surface area contributed by atoms with E-state index < -0.39 is 5.41 Å². The molecule has 2 aromatic rings. The van der Waals surface area contributed by atoms with Gasteiger partial charge in [0.2, 0.25) is 0 Å². The molecule has 0 aromatic heterocycles. The van der Waals surface area contributed by atoms with E-state index in [0.29, 0.717) is 16.3 Å². The van der Waals surface area contributed by atoms with Crippen LogP contribution in [0.4, 0.5) is 5.69 Å². The predicted molar refractivity (Wildman–Crippen MR) is 137 cm³/mol. The second kappa shape index (κ2) is 10.4. The third kappa shape index (κ3) is 5.43. The summed E-state index contributed by atoms with van der Waals surface area (Å²) >= 11 is 6.49. The van der Waals surface area contributed by atoms with Gasteiger partial charge in [0, 0.05) is 53.9 Å². The summed E-state index contributed by atoms with van der Waals surface area (Å²) in [4.78, 5) is 17.9. The van der Waals surface area contributed by atoms with Gasteiger partial charge in [-0.3, -0.25) is 4.79 Å². The Hall–Kier alpha value is -2.76. The zero-order chi connectivity index (χ0) is 24.2. The van der Waals surface area contributed by atoms with Crippen LogP contribution in [-0.4, -0.2) is 58.1 Å². The molecule has 1 aliphatic heterocycles. The van der Waals surface area contributed by atoms with E-state index in [4.69, 9.17) is 21.1 Å². The minimum Gasteiger partial charge on any atom is -0.497 e. The summed E-state index contributed by atoms with van der Waals surface area (Å²) in [6.07, 6.45) is 5.26. The van der Waals surface area contributed by atoms with Crippen LogP contribution < -0.4 is 14.4 Å². The normalized spacial score (nSPS) is 15.0. The van der Waals surface area contributed by atoms with Crippen LogP contribution in [0.3, 0.4) is 0 Å². The summed E-state index contributed by atoms with van der Waals surface area (Å²) in [6.45, 7) is 11.7. The van der Waals surface area contributed by atoms with Crippen LogP contribution in [0.5, 0.6) is 11.5 Å². The molecule has 0 bridgehead atoms. The van der Waals surface area contributed by atoms with E-state index in [9.17, 15) is 4.79 Å². The van der Waals surface area contributed by atoms with Gasteiger partial charge < -0.3 is 19.3 Å². The quantitative estimate of drug-likeness (QED) is 0.292. The molecule has 1 heterocycles. The van der Waals surface area contributed by atoms with Gasteiger partial charge in [-0.05, 0) is 49.0 Å². The van der Waals surface area contributed by atoms with E-state index in [1.54, 1.807) is 38.5 Å². The number of methoxy groups -OCH3 is 2. The average Bonchev–Trinajstić information content (AvgIpc) is 2.82. The molecule has 0 saturated carbocycles. The van der Waals surface area contributed by atoms with Gasteiger partial charge in [-0.2, -0.15) is 0 Å². The number of rotatable bonds is 8. The molecule has 1 fully saturated rings. The zero-order valence-corrected chi connectivity index (χ0v) is 20.9. The van der Waals surface area contributed by atoms with Crippen molar-refractivity contribution >= 4 is 29.1 Å². The first-order valence-electron chi connectivity index (χ1n) is 11.1. The topological polar surface area (TPSA) is 42.0 Å². The van der Waals surface area contributed by atoms with Crippen molar-refractivity contribution in [3.8, 4) is 11.5 Å². The zero-order valence-electron chi connectivity index (χ0n) is 20.2. The fourth-order valence-corrected chi connectivity index (χ4v) is 4.43. The highest BCUT2D eigenvalue weighted by molar-refractivity contribution is 6.32.